The third-order valence-corrected chi connectivity index (χ3v) is 7.26. The Bertz CT molecular complexity index is 2250. The van der Waals surface area contributed by atoms with Gasteiger partial charge in [0.1, 0.15) is 0 Å². The monoisotopic (exact) mass is 1060 g/mol. The Hall–Kier alpha value is -5.10. The number of rotatable bonds is 4. The number of aromatic nitrogens is 2. The van der Waals surface area contributed by atoms with Gasteiger partial charge < -0.3 is 15.2 Å². The average Bonchev–Trinajstić information content (AvgIpc) is 3.11. The van der Waals surface area contributed by atoms with E-state index in [1.807, 2.05) is 36.5 Å². The Morgan fingerprint density at radius 3 is 1.89 bits per heavy atom. The Morgan fingerprint density at radius 2 is 1.25 bits per heavy atom. The quantitative estimate of drug-likeness (QED) is 0.0788. The summed E-state index contributed by atoms with van der Waals surface area (Å²) < 4.78 is 0. The van der Waals surface area contributed by atoms with E-state index >= 15 is 0 Å². The van der Waals surface area contributed by atoms with Crippen molar-refractivity contribution >= 4 is 44.1 Å². The first kappa shape index (κ1) is 44.1. The van der Waals surface area contributed by atoms with Crippen LogP contribution in [-0.2, 0) is 49.8 Å². The summed E-state index contributed by atoms with van der Waals surface area (Å²) in [6.45, 7) is 7.79. The molecule has 7 aromatic rings. The van der Waals surface area contributed by atoms with E-state index in [4.69, 9.17) is 15.2 Å². The number of carbonyl (C=O) groups excluding carboxylic acids is 2. The second kappa shape index (κ2) is 22.1. The molecule has 0 spiro atoms. The Kier molecular flexibility index (Phi) is 18.4. The normalized spacial score (nSPS) is 10.6. The zero-order valence-corrected chi connectivity index (χ0v) is 34.8. The molecule has 0 aliphatic carbocycles. The molecule has 2 aromatic heterocycles. The maximum atomic E-state index is 10.0. The van der Waals surface area contributed by atoms with Gasteiger partial charge in [0, 0.05) is 58.6 Å². The van der Waals surface area contributed by atoms with Gasteiger partial charge in [0.25, 0.3) is 0 Å². The van der Waals surface area contributed by atoms with Gasteiger partial charge in [-0.05, 0) is 79.9 Å². The summed E-state index contributed by atoms with van der Waals surface area (Å²) in [5.41, 5.74) is 7.66. The molecule has 8 heteroatoms. The van der Waals surface area contributed by atoms with Gasteiger partial charge in [0.2, 0.25) is 0 Å². The molecule has 0 saturated carbocycles. The minimum Gasteiger partial charge on any atom is -0.512 e. The van der Waals surface area contributed by atoms with Crippen LogP contribution in [0.15, 0.2) is 151 Å². The molecule has 5 aromatic carbocycles. The fourth-order valence-electron chi connectivity index (χ4n) is 5.12. The van der Waals surface area contributed by atoms with E-state index in [0.29, 0.717) is 0 Å². The number of benzene rings is 5. The van der Waals surface area contributed by atoms with E-state index in [9.17, 15) is 9.59 Å². The maximum absolute atomic E-state index is 10.0. The van der Waals surface area contributed by atoms with Crippen molar-refractivity contribution in [3.63, 3.8) is 0 Å². The second-order valence-electron chi connectivity index (χ2n) is 11.8. The number of aliphatic hydroxyl groups is 2. The minimum absolute atomic E-state index is 0. The second-order valence-corrected chi connectivity index (χ2v) is 11.8. The molecule has 0 aliphatic heterocycles. The molecule has 0 saturated heterocycles. The molecule has 7 rings (SSSR count). The van der Waals surface area contributed by atoms with Crippen molar-refractivity contribution in [3.05, 3.63) is 169 Å². The van der Waals surface area contributed by atoms with E-state index in [1.165, 1.54) is 72.7 Å². The van der Waals surface area contributed by atoms with Crippen molar-refractivity contribution in [1.82, 2.24) is 9.97 Å². The van der Waals surface area contributed by atoms with Gasteiger partial charge in [0.15, 0.2) is 11.6 Å². The van der Waals surface area contributed by atoms with Crippen molar-refractivity contribution in [2.75, 3.05) is 0 Å². The molecule has 0 unspecified atom stereocenters. The third kappa shape index (κ3) is 14.1. The van der Waals surface area contributed by atoms with Gasteiger partial charge >= 0.3 is 0 Å². The standard InChI is InChI=1S/C22H16N.C13H8N.2C5H8O2.2Ir/c1-16-10-11-18-12-13-21(23-22(18)14-16)20-9-5-8-19(15-20)17-6-3-2-4-7-17;1-2-6-12-10(4-1)7-8-11-5-3-9-14-13(11)12;2*1-4(6)3-5(2)7;;/h2-8,10-15H,1H3;1-5,7-9H;2*3,6H,1-2H3;;/q2*-1;;;;. The van der Waals surface area contributed by atoms with E-state index in [2.05, 4.69) is 115 Å². The molecule has 2 heterocycles. The van der Waals surface area contributed by atoms with Crippen molar-refractivity contribution in [3.8, 4) is 22.4 Å². The fraction of sp³-hybridized carbons (Fsp3) is 0.111. The predicted octanol–water partition coefficient (Wildman–Crippen LogP) is 10.9. The summed E-state index contributed by atoms with van der Waals surface area (Å²) in [6.07, 6.45) is 4.16. The summed E-state index contributed by atoms with van der Waals surface area (Å²) in [4.78, 5) is 29.2. The minimum atomic E-state index is -0.125. The summed E-state index contributed by atoms with van der Waals surface area (Å²) in [6, 6.07) is 47.9. The van der Waals surface area contributed by atoms with Crippen LogP contribution in [0.5, 0.6) is 0 Å². The number of hydrogen-bond donors (Lipinski definition) is 2. The molecule has 2 radical (unpaired) electrons. The van der Waals surface area contributed by atoms with Crippen LogP contribution in [-0.4, -0.2) is 31.7 Å². The number of aliphatic hydroxyl groups excluding tert-OH is 2. The van der Waals surface area contributed by atoms with E-state index in [1.54, 1.807) is 0 Å². The zero-order chi connectivity index (χ0) is 36.8. The Labute approximate surface area is 338 Å². The molecular weight excluding hydrogens is 1020 g/mol. The first-order valence-electron chi connectivity index (χ1n) is 16.3. The number of nitrogens with zero attached hydrogens (tertiary/aromatic N) is 2. The Balaban J connectivity index is 0.000000277. The van der Waals surface area contributed by atoms with Crippen LogP contribution >= 0.6 is 0 Å². The first-order valence-corrected chi connectivity index (χ1v) is 16.3. The topological polar surface area (TPSA) is 100 Å². The molecule has 0 aliphatic rings. The number of hydrogen-bond acceptors (Lipinski definition) is 6. The summed E-state index contributed by atoms with van der Waals surface area (Å²) in [5, 5.41) is 21.4. The molecule has 0 atom stereocenters. The third-order valence-electron chi connectivity index (χ3n) is 7.26. The predicted molar refractivity (Wildman–Crippen MR) is 208 cm³/mol. The van der Waals surface area contributed by atoms with Crippen LogP contribution in [0.1, 0.15) is 33.3 Å². The SMILES string of the molecule is CC(=O)C=C(C)O.CC(=O)C=C(C)O.Cc1ccc2ccc(-c3[c-]ccc(-c4ccccc4)c3)nc2c1.[Ir].[Ir].[c-]1cccc2ccc3cccnc3c12. The van der Waals surface area contributed by atoms with Crippen LogP contribution in [0.2, 0.25) is 0 Å². The van der Waals surface area contributed by atoms with Crippen LogP contribution in [0.4, 0.5) is 0 Å². The average molecular weight is 1060 g/mol. The molecular formula is C45H40Ir2N2O4-2. The number of pyridine rings is 2. The van der Waals surface area contributed by atoms with Crippen molar-refractivity contribution in [1.29, 1.82) is 0 Å². The smallest absolute Gasteiger partial charge is 0.155 e. The number of allylic oxidation sites excluding steroid dienone is 4. The molecule has 53 heavy (non-hydrogen) atoms. The van der Waals surface area contributed by atoms with Crippen LogP contribution in [0.3, 0.4) is 0 Å². The van der Waals surface area contributed by atoms with E-state index in [-0.39, 0.29) is 63.3 Å². The fourth-order valence-corrected chi connectivity index (χ4v) is 5.12. The van der Waals surface area contributed by atoms with Gasteiger partial charge in [-0.25, -0.2) is 0 Å². The number of fused-ring (bicyclic) bond motifs is 4. The van der Waals surface area contributed by atoms with E-state index in [0.717, 1.165) is 27.7 Å². The van der Waals surface area contributed by atoms with Crippen molar-refractivity contribution in [2.24, 2.45) is 0 Å². The van der Waals surface area contributed by atoms with Crippen LogP contribution < -0.4 is 0 Å². The largest absolute Gasteiger partial charge is 0.512 e. The van der Waals surface area contributed by atoms with Gasteiger partial charge in [0.05, 0.1) is 17.0 Å². The van der Waals surface area contributed by atoms with Gasteiger partial charge in [-0.1, -0.05) is 72.8 Å². The molecule has 6 nitrogen and oxygen atoms in total. The van der Waals surface area contributed by atoms with Gasteiger partial charge in [-0.2, -0.15) is 0 Å². The van der Waals surface area contributed by atoms with Crippen LogP contribution in [0.25, 0.3) is 55.0 Å². The summed E-state index contributed by atoms with van der Waals surface area (Å²) in [5.74, 6) is -0.125. The van der Waals surface area contributed by atoms with Gasteiger partial charge in [-0.15, -0.1) is 70.4 Å². The molecule has 0 bridgehead atoms. The number of ketones is 2. The van der Waals surface area contributed by atoms with Crippen molar-refractivity contribution < 1.29 is 60.0 Å². The van der Waals surface area contributed by atoms with Crippen LogP contribution in [0, 0.1) is 19.1 Å². The number of carbonyl (C=O) groups is 2. The zero-order valence-electron chi connectivity index (χ0n) is 30.1. The summed E-state index contributed by atoms with van der Waals surface area (Å²) in [7, 11) is 0. The van der Waals surface area contributed by atoms with Crippen molar-refractivity contribution in [2.45, 2.75) is 34.6 Å². The van der Waals surface area contributed by atoms with E-state index < -0.39 is 0 Å². The van der Waals surface area contributed by atoms with Gasteiger partial charge in [-0.3, -0.25) is 14.6 Å². The Morgan fingerprint density at radius 1 is 0.623 bits per heavy atom. The molecule has 0 amide bonds. The molecule has 2 N–H and O–H groups in total. The maximum Gasteiger partial charge on any atom is 0.155 e. The first-order chi connectivity index (χ1) is 24.5. The molecule has 0 fully saturated rings. The summed E-state index contributed by atoms with van der Waals surface area (Å²) >= 11 is 0. The molecule has 274 valence electrons. The number of aryl methyl sites for hydroxylation is 1.